The summed E-state index contributed by atoms with van der Waals surface area (Å²) in [6, 6.07) is 9.61. The maximum absolute atomic E-state index is 11.8. The van der Waals surface area contributed by atoms with E-state index in [0.29, 0.717) is 6.42 Å². The van der Waals surface area contributed by atoms with Crippen LogP contribution < -0.4 is 5.32 Å². The molecule has 0 aliphatic heterocycles. The molecule has 2 heteroatoms. The van der Waals surface area contributed by atoms with Crippen LogP contribution in [0.3, 0.4) is 0 Å². The molecule has 1 aromatic rings. The van der Waals surface area contributed by atoms with Gasteiger partial charge in [-0.1, -0.05) is 86.6 Å². The third-order valence-corrected chi connectivity index (χ3v) is 4.29. The number of hydrogen-bond donors (Lipinski definition) is 1. The molecule has 0 radical (unpaired) electrons. The Balaban J connectivity index is 1.95. The summed E-state index contributed by atoms with van der Waals surface area (Å²) in [5.74, 6) is 0.0853. The Bertz CT molecular complexity index is 611. The molecule has 152 valence electrons. The van der Waals surface area contributed by atoms with E-state index in [-0.39, 0.29) is 5.91 Å². The van der Waals surface area contributed by atoms with E-state index in [0.717, 1.165) is 37.8 Å². The third-order valence-electron chi connectivity index (χ3n) is 4.29. The van der Waals surface area contributed by atoms with E-state index in [1.807, 2.05) is 30.3 Å². The number of carbonyl (C=O) groups excluding carboxylic acids is 1. The average Bonchev–Trinajstić information content (AvgIpc) is 2.71. The minimum atomic E-state index is 0.0853. The number of unbranched alkanes of at least 4 members (excludes halogenated alkanes) is 4. The number of benzene rings is 1. The van der Waals surface area contributed by atoms with Gasteiger partial charge in [0.2, 0.25) is 5.91 Å². The summed E-state index contributed by atoms with van der Waals surface area (Å²) in [5.41, 5.74) is 0.866. The van der Waals surface area contributed by atoms with Crippen LogP contribution in [0.25, 0.3) is 0 Å². The SMILES string of the molecule is CCCCCC=CCC=CCC=CCC=CCCCC(=O)Nc1ccccc1. The molecule has 0 unspecified atom stereocenters. The molecule has 0 atom stereocenters. The molecular formula is C26H37NO. The highest BCUT2D eigenvalue weighted by Crippen LogP contribution is 2.07. The van der Waals surface area contributed by atoms with Crippen molar-refractivity contribution in [3.05, 3.63) is 78.9 Å². The van der Waals surface area contributed by atoms with Crippen LogP contribution in [-0.4, -0.2) is 5.91 Å². The highest BCUT2D eigenvalue weighted by molar-refractivity contribution is 5.90. The zero-order valence-electron chi connectivity index (χ0n) is 17.5. The minimum Gasteiger partial charge on any atom is -0.326 e. The second kappa shape index (κ2) is 18.0. The first-order valence-electron chi connectivity index (χ1n) is 10.8. The molecule has 0 fully saturated rings. The summed E-state index contributed by atoms with van der Waals surface area (Å²) in [6.45, 7) is 2.24. The second-order valence-corrected chi connectivity index (χ2v) is 6.89. The number of anilines is 1. The van der Waals surface area contributed by atoms with Crippen LogP contribution in [-0.2, 0) is 4.79 Å². The first kappa shape index (κ1) is 23.7. The van der Waals surface area contributed by atoms with Crippen LogP contribution in [0.5, 0.6) is 0 Å². The Hall–Kier alpha value is -2.35. The fourth-order valence-corrected chi connectivity index (χ4v) is 2.69. The number of para-hydroxylation sites is 1. The summed E-state index contributed by atoms with van der Waals surface area (Å²) in [6.07, 6.45) is 28.3. The number of allylic oxidation sites excluding steroid dienone is 8. The molecule has 2 nitrogen and oxygen atoms in total. The quantitative estimate of drug-likeness (QED) is 0.245. The van der Waals surface area contributed by atoms with Gasteiger partial charge >= 0.3 is 0 Å². The van der Waals surface area contributed by atoms with E-state index >= 15 is 0 Å². The molecular weight excluding hydrogens is 342 g/mol. The average molecular weight is 380 g/mol. The molecule has 1 amide bonds. The van der Waals surface area contributed by atoms with E-state index in [1.165, 1.54) is 25.7 Å². The van der Waals surface area contributed by atoms with Crippen LogP contribution in [0.2, 0.25) is 0 Å². The Morgan fingerprint density at radius 2 is 1.29 bits per heavy atom. The molecule has 0 heterocycles. The van der Waals surface area contributed by atoms with Gasteiger partial charge < -0.3 is 5.32 Å². The van der Waals surface area contributed by atoms with Gasteiger partial charge in [-0.25, -0.2) is 0 Å². The van der Waals surface area contributed by atoms with E-state index in [2.05, 4.69) is 60.8 Å². The number of hydrogen-bond acceptors (Lipinski definition) is 1. The van der Waals surface area contributed by atoms with Gasteiger partial charge in [0.25, 0.3) is 0 Å². The molecule has 0 saturated heterocycles. The van der Waals surface area contributed by atoms with Gasteiger partial charge in [0.15, 0.2) is 0 Å². The van der Waals surface area contributed by atoms with Gasteiger partial charge in [-0.3, -0.25) is 4.79 Å². The minimum absolute atomic E-state index is 0.0853. The van der Waals surface area contributed by atoms with Crippen LogP contribution in [0.15, 0.2) is 78.9 Å². The van der Waals surface area contributed by atoms with Gasteiger partial charge in [-0.2, -0.15) is 0 Å². The van der Waals surface area contributed by atoms with Crippen molar-refractivity contribution in [3.63, 3.8) is 0 Å². The molecule has 0 bridgehead atoms. The van der Waals surface area contributed by atoms with Gasteiger partial charge in [0.05, 0.1) is 0 Å². The molecule has 1 aromatic carbocycles. The molecule has 1 rings (SSSR count). The maximum atomic E-state index is 11.8. The predicted octanol–water partition coefficient (Wildman–Crippen LogP) is 7.77. The number of nitrogens with one attached hydrogen (secondary N) is 1. The molecule has 0 aromatic heterocycles. The Morgan fingerprint density at radius 3 is 1.86 bits per heavy atom. The first-order chi connectivity index (χ1) is 13.8. The summed E-state index contributed by atoms with van der Waals surface area (Å²) in [7, 11) is 0. The van der Waals surface area contributed by atoms with Gasteiger partial charge in [0, 0.05) is 12.1 Å². The Labute approximate surface area is 172 Å². The summed E-state index contributed by atoms with van der Waals surface area (Å²) < 4.78 is 0. The Morgan fingerprint density at radius 1 is 0.750 bits per heavy atom. The van der Waals surface area contributed by atoms with Gasteiger partial charge in [-0.05, 0) is 57.1 Å². The molecule has 0 spiro atoms. The monoisotopic (exact) mass is 379 g/mol. The molecule has 28 heavy (non-hydrogen) atoms. The summed E-state index contributed by atoms with van der Waals surface area (Å²) in [4.78, 5) is 11.8. The Kier molecular flexibility index (Phi) is 15.3. The van der Waals surface area contributed by atoms with Crippen LogP contribution in [0.1, 0.15) is 71.1 Å². The van der Waals surface area contributed by atoms with Crippen molar-refractivity contribution in [2.75, 3.05) is 5.32 Å². The molecule has 0 aliphatic carbocycles. The van der Waals surface area contributed by atoms with Crippen molar-refractivity contribution in [3.8, 4) is 0 Å². The first-order valence-corrected chi connectivity index (χ1v) is 10.8. The fraction of sp³-hybridized carbons (Fsp3) is 0.423. The van der Waals surface area contributed by atoms with Crippen molar-refractivity contribution >= 4 is 11.6 Å². The van der Waals surface area contributed by atoms with E-state index < -0.39 is 0 Å². The van der Waals surface area contributed by atoms with Crippen LogP contribution >= 0.6 is 0 Å². The molecule has 0 aliphatic rings. The highest BCUT2D eigenvalue weighted by atomic mass is 16.1. The lowest BCUT2D eigenvalue weighted by atomic mass is 10.2. The zero-order chi connectivity index (χ0) is 20.1. The summed E-state index contributed by atoms with van der Waals surface area (Å²) >= 11 is 0. The lowest BCUT2D eigenvalue weighted by Crippen LogP contribution is -2.10. The lowest BCUT2D eigenvalue weighted by Gasteiger charge is -2.03. The number of amides is 1. The second-order valence-electron chi connectivity index (χ2n) is 6.89. The van der Waals surface area contributed by atoms with Crippen molar-refractivity contribution < 1.29 is 4.79 Å². The standard InChI is InChI=1S/C26H37NO/c1-2-3-4-5-6-7-8-9-10-11-12-13-14-15-16-17-21-24-26(28)27-25-22-19-18-20-23-25/h6-7,9-10,12-13,15-16,18-20,22-23H,2-5,8,11,14,17,21,24H2,1H3,(H,27,28). The van der Waals surface area contributed by atoms with E-state index in [4.69, 9.17) is 0 Å². The number of carbonyl (C=O) groups is 1. The third kappa shape index (κ3) is 14.8. The number of rotatable bonds is 15. The van der Waals surface area contributed by atoms with E-state index in [1.54, 1.807) is 0 Å². The van der Waals surface area contributed by atoms with Crippen LogP contribution in [0, 0.1) is 0 Å². The summed E-state index contributed by atoms with van der Waals surface area (Å²) in [5, 5.41) is 2.91. The van der Waals surface area contributed by atoms with Crippen LogP contribution in [0.4, 0.5) is 5.69 Å². The van der Waals surface area contributed by atoms with E-state index in [9.17, 15) is 4.79 Å². The van der Waals surface area contributed by atoms with Crippen molar-refractivity contribution in [1.82, 2.24) is 0 Å². The van der Waals surface area contributed by atoms with Crippen molar-refractivity contribution in [1.29, 1.82) is 0 Å². The van der Waals surface area contributed by atoms with Crippen molar-refractivity contribution in [2.24, 2.45) is 0 Å². The zero-order valence-corrected chi connectivity index (χ0v) is 17.5. The normalized spacial score (nSPS) is 12.0. The fourth-order valence-electron chi connectivity index (χ4n) is 2.69. The predicted molar refractivity (Wildman–Crippen MR) is 123 cm³/mol. The van der Waals surface area contributed by atoms with Gasteiger partial charge in [-0.15, -0.1) is 0 Å². The largest absolute Gasteiger partial charge is 0.326 e. The molecule has 0 saturated carbocycles. The molecule has 1 N–H and O–H groups in total. The van der Waals surface area contributed by atoms with Crippen molar-refractivity contribution in [2.45, 2.75) is 71.1 Å². The smallest absolute Gasteiger partial charge is 0.224 e. The highest BCUT2D eigenvalue weighted by Gasteiger charge is 2.00. The topological polar surface area (TPSA) is 29.1 Å². The maximum Gasteiger partial charge on any atom is 0.224 e. The van der Waals surface area contributed by atoms with Gasteiger partial charge in [0.1, 0.15) is 0 Å². The lowest BCUT2D eigenvalue weighted by molar-refractivity contribution is -0.116.